The number of hydrogen-bond donors (Lipinski definition) is 0. The van der Waals surface area contributed by atoms with Crippen molar-refractivity contribution >= 4 is 5.91 Å². The third-order valence-electron chi connectivity index (χ3n) is 3.61. The summed E-state index contributed by atoms with van der Waals surface area (Å²) in [6, 6.07) is 0. The molecule has 0 aliphatic carbocycles. The van der Waals surface area contributed by atoms with Crippen LogP contribution in [0.4, 0.5) is 0 Å². The van der Waals surface area contributed by atoms with Crippen molar-refractivity contribution in [2.24, 2.45) is 11.3 Å². The molecule has 0 aromatic rings. The highest BCUT2D eigenvalue weighted by molar-refractivity contribution is 5.76. The maximum absolute atomic E-state index is 12.1. The highest BCUT2D eigenvalue weighted by atomic mass is 16.2. The van der Waals surface area contributed by atoms with Gasteiger partial charge in [0.25, 0.3) is 0 Å². The highest BCUT2D eigenvalue weighted by Crippen LogP contribution is 2.25. The molecule has 1 rings (SSSR count). The molecule has 17 heavy (non-hydrogen) atoms. The van der Waals surface area contributed by atoms with E-state index in [2.05, 4.69) is 32.6 Å². The fourth-order valence-corrected chi connectivity index (χ4v) is 2.53. The van der Waals surface area contributed by atoms with E-state index < -0.39 is 0 Å². The van der Waals surface area contributed by atoms with E-state index in [1.165, 1.54) is 32.1 Å². The Morgan fingerprint density at radius 1 is 1.24 bits per heavy atom. The molecular formula is C15H29NO. The molecule has 1 fully saturated rings. The monoisotopic (exact) mass is 239 g/mol. The first kappa shape index (κ1) is 14.5. The van der Waals surface area contributed by atoms with Crippen LogP contribution in [0.15, 0.2) is 0 Å². The Morgan fingerprint density at radius 3 is 2.29 bits per heavy atom. The van der Waals surface area contributed by atoms with Gasteiger partial charge in [0.15, 0.2) is 0 Å². The quantitative estimate of drug-likeness (QED) is 0.729. The van der Waals surface area contributed by atoms with Crippen LogP contribution in [0.25, 0.3) is 0 Å². The predicted molar refractivity (Wildman–Crippen MR) is 72.9 cm³/mol. The fraction of sp³-hybridized carbons (Fsp3) is 0.933. The third kappa shape index (κ3) is 5.56. The Kier molecular flexibility index (Phi) is 5.48. The lowest BCUT2D eigenvalue weighted by Gasteiger charge is -2.33. The zero-order valence-electron chi connectivity index (χ0n) is 12.1. The molecule has 1 heterocycles. The molecule has 0 aromatic carbocycles. The van der Waals surface area contributed by atoms with Crippen molar-refractivity contribution in [3.05, 3.63) is 0 Å². The number of carbonyl (C=O) groups excluding carboxylic acids is 1. The minimum Gasteiger partial charge on any atom is -0.343 e. The predicted octanol–water partition coefficient (Wildman–Crippen LogP) is 3.85. The standard InChI is InChI=1S/C15H29NO/c1-5-6-7-13-8-10-16(11-9-13)14(17)12-15(2,3)4/h13H,5-12H2,1-4H3. The Bertz CT molecular complexity index is 234. The maximum atomic E-state index is 12.1. The second kappa shape index (κ2) is 6.42. The molecule has 0 N–H and O–H groups in total. The molecule has 0 bridgehead atoms. The van der Waals surface area contributed by atoms with Gasteiger partial charge in [-0.1, -0.05) is 47.0 Å². The summed E-state index contributed by atoms with van der Waals surface area (Å²) in [5.41, 5.74) is 0.121. The zero-order chi connectivity index (χ0) is 12.9. The van der Waals surface area contributed by atoms with E-state index in [4.69, 9.17) is 0 Å². The number of piperidine rings is 1. The van der Waals surface area contributed by atoms with E-state index in [0.717, 1.165) is 19.0 Å². The maximum Gasteiger partial charge on any atom is 0.223 e. The van der Waals surface area contributed by atoms with Gasteiger partial charge in [0.2, 0.25) is 5.91 Å². The zero-order valence-corrected chi connectivity index (χ0v) is 12.1. The lowest BCUT2D eigenvalue weighted by Crippen LogP contribution is -2.39. The number of nitrogens with zero attached hydrogens (tertiary/aromatic N) is 1. The van der Waals surface area contributed by atoms with Gasteiger partial charge in [-0.25, -0.2) is 0 Å². The van der Waals surface area contributed by atoms with Crippen molar-refractivity contribution < 1.29 is 4.79 Å². The SMILES string of the molecule is CCCCC1CCN(C(=O)CC(C)(C)C)CC1. The first-order valence-electron chi connectivity index (χ1n) is 7.20. The molecule has 0 spiro atoms. The van der Waals surface area contributed by atoms with E-state index in [9.17, 15) is 4.79 Å². The summed E-state index contributed by atoms with van der Waals surface area (Å²) in [5.74, 6) is 1.22. The average molecular weight is 239 g/mol. The average Bonchev–Trinajstić information content (AvgIpc) is 2.24. The minimum atomic E-state index is 0.121. The van der Waals surface area contributed by atoms with Gasteiger partial charge in [0.05, 0.1) is 0 Å². The van der Waals surface area contributed by atoms with Crippen LogP contribution in [-0.2, 0) is 4.79 Å². The van der Waals surface area contributed by atoms with Crippen LogP contribution >= 0.6 is 0 Å². The summed E-state index contributed by atoms with van der Waals surface area (Å²) in [6.07, 6.45) is 7.12. The molecule has 1 aliphatic rings. The number of likely N-dealkylation sites (tertiary alicyclic amines) is 1. The van der Waals surface area contributed by atoms with Crippen LogP contribution in [0, 0.1) is 11.3 Å². The molecule has 2 nitrogen and oxygen atoms in total. The van der Waals surface area contributed by atoms with Crippen LogP contribution in [-0.4, -0.2) is 23.9 Å². The first-order chi connectivity index (χ1) is 7.92. The van der Waals surface area contributed by atoms with Crippen LogP contribution in [0.2, 0.25) is 0 Å². The van der Waals surface area contributed by atoms with Gasteiger partial charge in [-0.3, -0.25) is 4.79 Å². The Labute approximate surface area is 107 Å². The van der Waals surface area contributed by atoms with Gasteiger partial charge in [0, 0.05) is 19.5 Å². The molecular weight excluding hydrogens is 210 g/mol. The molecule has 100 valence electrons. The van der Waals surface area contributed by atoms with Gasteiger partial charge < -0.3 is 4.90 Å². The number of hydrogen-bond acceptors (Lipinski definition) is 1. The largest absolute Gasteiger partial charge is 0.343 e. The van der Waals surface area contributed by atoms with Crippen LogP contribution in [0.5, 0.6) is 0 Å². The fourth-order valence-electron chi connectivity index (χ4n) is 2.53. The molecule has 0 saturated carbocycles. The molecule has 2 heteroatoms. The summed E-state index contributed by atoms with van der Waals surface area (Å²) < 4.78 is 0. The third-order valence-corrected chi connectivity index (χ3v) is 3.61. The summed E-state index contributed by atoms with van der Waals surface area (Å²) in [6.45, 7) is 10.6. The smallest absolute Gasteiger partial charge is 0.223 e. The Morgan fingerprint density at radius 2 is 1.82 bits per heavy atom. The Hall–Kier alpha value is -0.530. The number of rotatable bonds is 4. The van der Waals surface area contributed by atoms with Crippen LogP contribution in [0.3, 0.4) is 0 Å². The molecule has 0 atom stereocenters. The number of amides is 1. The van der Waals surface area contributed by atoms with E-state index in [0.29, 0.717) is 12.3 Å². The topological polar surface area (TPSA) is 20.3 Å². The lowest BCUT2D eigenvalue weighted by molar-refractivity contribution is -0.134. The molecule has 0 aromatic heterocycles. The molecule has 1 saturated heterocycles. The van der Waals surface area contributed by atoms with Crippen molar-refractivity contribution in [2.75, 3.05) is 13.1 Å². The second-order valence-corrected chi connectivity index (χ2v) is 6.70. The summed E-state index contributed by atoms with van der Waals surface area (Å²) in [4.78, 5) is 14.1. The van der Waals surface area contributed by atoms with Crippen molar-refractivity contribution in [1.82, 2.24) is 4.90 Å². The van der Waals surface area contributed by atoms with Crippen molar-refractivity contribution in [2.45, 2.75) is 66.2 Å². The van der Waals surface area contributed by atoms with Gasteiger partial charge in [-0.2, -0.15) is 0 Å². The summed E-state index contributed by atoms with van der Waals surface area (Å²) in [7, 11) is 0. The minimum absolute atomic E-state index is 0.121. The highest BCUT2D eigenvalue weighted by Gasteiger charge is 2.25. The molecule has 0 unspecified atom stereocenters. The Balaban J connectivity index is 2.29. The van der Waals surface area contributed by atoms with Crippen molar-refractivity contribution in [3.8, 4) is 0 Å². The summed E-state index contributed by atoms with van der Waals surface area (Å²) in [5, 5.41) is 0. The van der Waals surface area contributed by atoms with E-state index >= 15 is 0 Å². The van der Waals surface area contributed by atoms with E-state index in [1.54, 1.807) is 0 Å². The van der Waals surface area contributed by atoms with Crippen molar-refractivity contribution in [1.29, 1.82) is 0 Å². The van der Waals surface area contributed by atoms with Crippen LogP contribution < -0.4 is 0 Å². The first-order valence-corrected chi connectivity index (χ1v) is 7.20. The normalized spacial score (nSPS) is 18.5. The van der Waals surface area contributed by atoms with Crippen molar-refractivity contribution in [3.63, 3.8) is 0 Å². The lowest BCUT2D eigenvalue weighted by atomic mass is 9.89. The van der Waals surface area contributed by atoms with Crippen LogP contribution in [0.1, 0.15) is 66.2 Å². The number of carbonyl (C=O) groups is 1. The van der Waals surface area contributed by atoms with E-state index in [-0.39, 0.29) is 5.41 Å². The molecule has 0 radical (unpaired) electrons. The van der Waals surface area contributed by atoms with Gasteiger partial charge in [-0.05, 0) is 24.2 Å². The van der Waals surface area contributed by atoms with Gasteiger partial charge in [-0.15, -0.1) is 0 Å². The molecule has 1 amide bonds. The summed E-state index contributed by atoms with van der Waals surface area (Å²) >= 11 is 0. The van der Waals surface area contributed by atoms with Gasteiger partial charge in [0.1, 0.15) is 0 Å². The second-order valence-electron chi connectivity index (χ2n) is 6.70. The molecule has 1 aliphatic heterocycles. The number of unbranched alkanes of at least 4 members (excludes halogenated alkanes) is 1. The van der Waals surface area contributed by atoms with Gasteiger partial charge >= 0.3 is 0 Å². The van der Waals surface area contributed by atoms with E-state index in [1.807, 2.05) is 0 Å².